The Morgan fingerprint density at radius 1 is 0.622 bits per heavy atom. The summed E-state index contributed by atoms with van der Waals surface area (Å²) >= 11 is 2.72. The molecule has 90 heavy (non-hydrogen) atoms. The molecule has 2 aliphatic heterocycles. The number of hydrogen-bond acceptors (Lipinski definition) is 17. The summed E-state index contributed by atoms with van der Waals surface area (Å²) in [6.07, 6.45) is 2.79. The zero-order valence-electron chi connectivity index (χ0n) is 49.2. The second kappa shape index (κ2) is 26.6. The van der Waals surface area contributed by atoms with Crippen LogP contribution in [0.5, 0.6) is 34.5 Å². The molecule has 24 heteroatoms. The number of rotatable bonds is 24. The molecule has 0 radical (unpaired) electrons. The molecule has 0 aliphatic carbocycles. The molecule has 0 saturated heterocycles. The van der Waals surface area contributed by atoms with Gasteiger partial charge < -0.3 is 46.5 Å². The standard InChI is InChI=1S/C66H58B2N6O13S3/c1-5-35-82-65(75)41(2)17-14-36-80-46-33-29-44(30-34-46)60-57-56(61(73(60)67-84-50-21-8-9-22-51(50)85-67)47(40-69)63-71-48-19-6-12-25-54(48)88-63)59(43-27-31-45(32-28-43)81-37-15-18-42(3)66(76)83-38-16-39-90(77,78)79)74(68-86-52-23-10-11-24-53(52)87-68)62(57)58(70-4)64-72-49-20-7-13-26-55(49)89-64/h6-13,19-34,41-42H,5,14-18,35-39H2,1-3H3,(H,77,78,79)/b61-47-,62-58+. The molecule has 4 aromatic heterocycles. The van der Waals surface area contributed by atoms with Gasteiger partial charge in [-0.05, 0) is 147 Å². The minimum atomic E-state index is -4.17. The maximum absolute atomic E-state index is 12.7. The van der Waals surface area contributed by atoms with Gasteiger partial charge in [-0.25, -0.2) is 14.8 Å². The number of aromatic nitrogens is 4. The Kier molecular flexibility index (Phi) is 18.0. The number of carbonyl (C=O) groups excluding carboxylic acids is 2. The first-order valence-corrected chi connectivity index (χ1v) is 32.7. The number of esters is 2. The van der Waals surface area contributed by atoms with Crippen LogP contribution in [0.25, 0.3) is 69.8 Å². The van der Waals surface area contributed by atoms with Gasteiger partial charge in [-0.1, -0.05) is 69.3 Å². The predicted octanol–water partition coefficient (Wildman–Crippen LogP) is 11.8. The number of ether oxygens (including phenoxy) is 4. The minimum absolute atomic E-state index is 0.0232. The quantitative estimate of drug-likeness (QED) is 0.0195. The third-order valence-electron chi connectivity index (χ3n) is 15.3. The Morgan fingerprint density at radius 2 is 1.06 bits per heavy atom. The molecule has 0 spiro atoms. The van der Waals surface area contributed by atoms with E-state index in [1.165, 1.54) is 22.7 Å². The molecule has 6 heterocycles. The minimum Gasteiger partial charge on any atom is -0.503 e. The van der Waals surface area contributed by atoms with Crippen LogP contribution in [0.2, 0.25) is 0 Å². The van der Waals surface area contributed by atoms with Crippen LogP contribution in [-0.2, 0) is 29.2 Å². The van der Waals surface area contributed by atoms with Gasteiger partial charge in [-0.15, -0.1) is 22.7 Å². The zero-order chi connectivity index (χ0) is 62.5. The van der Waals surface area contributed by atoms with Crippen LogP contribution in [0, 0.1) is 29.7 Å². The lowest BCUT2D eigenvalue weighted by molar-refractivity contribution is -0.149. The van der Waals surface area contributed by atoms with Gasteiger partial charge in [0.1, 0.15) is 56.2 Å². The first kappa shape index (κ1) is 60.7. The Morgan fingerprint density at radius 3 is 1.51 bits per heavy atom. The van der Waals surface area contributed by atoms with E-state index in [-0.39, 0.29) is 42.8 Å². The van der Waals surface area contributed by atoms with Crippen LogP contribution in [0.4, 0.5) is 0 Å². The van der Waals surface area contributed by atoms with E-state index in [1.54, 1.807) is 6.92 Å². The Bertz CT molecular complexity index is 4480. The summed E-state index contributed by atoms with van der Waals surface area (Å²) in [7, 11) is -6.68. The number of para-hydroxylation sites is 6. The van der Waals surface area contributed by atoms with Crippen LogP contribution in [0.1, 0.15) is 69.3 Å². The summed E-state index contributed by atoms with van der Waals surface area (Å²) in [6, 6.07) is 47.6. The van der Waals surface area contributed by atoms with Crippen LogP contribution >= 0.6 is 22.7 Å². The molecule has 2 unspecified atom stereocenters. The molecule has 19 nitrogen and oxygen atoms in total. The average Bonchev–Trinajstić information content (AvgIpc) is 1.53. The highest BCUT2D eigenvalue weighted by molar-refractivity contribution is 7.85. The van der Waals surface area contributed by atoms with E-state index in [1.807, 2.05) is 168 Å². The Hall–Kier alpha value is -9.58. The van der Waals surface area contributed by atoms with E-state index < -0.39 is 42.3 Å². The van der Waals surface area contributed by atoms with E-state index in [0.29, 0.717) is 138 Å². The number of carbonyl (C=O) groups is 2. The van der Waals surface area contributed by atoms with E-state index in [2.05, 4.69) is 10.9 Å². The fourth-order valence-corrected chi connectivity index (χ4v) is 13.3. The van der Waals surface area contributed by atoms with Crippen molar-refractivity contribution in [3.05, 3.63) is 178 Å². The second-order valence-corrected chi connectivity index (χ2v) is 25.2. The van der Waals surface area contributed by atoms with Gasteiger partial charge in [0.05, 0.1) is 93.1 Å². The van der Waals surface area contributed by atoms with Crippen molar-refractivity contribution in [1.29, 1.82) is 5.26 Å². The number of thiazole rings is 2. The summed E-state index contributed by atoms with van der Waals surface area (Å²) < 4.78 is 87.6. The fraction of sp³-hybridized carbons (Fsp3) is 0.242. The van der Waals surface area contributed by atoms with Gasteiger partial charge in [0.15, 0.2) is 0 Å². The summed E-state index contributed by atoms with van der Waals surface area (Å²) in [5.74, 6) is 0.892. The number of nitrogens with zero attached hydrogens (tertiary/aromatic N) is 6. The van der Waals surface area contributed by atoms with Crippen molar-refractivity contribution in [2.24, 2.45) is 11.8 Å². The fourth-order valence-electron chi connectivity index (χ4n) is 10.9. The topological polar surface area (TPSA) is 226 Å². The molecule has 0 saturated carbocycles. The molecule has 1 N–H and O–H groups in total. The Labute approximate surface area is 527 Å². The van der Waals surface area contributed by atoms with E-state index in [0.717, 1.165) is 15.8 Å². The third-order valence-corrected chi connectivity index (χ3v) is 18.2. The molecule has 0 bridgehead atoms. The molecule has 12 rings (SSSR count). The van der Waals surface area contributed by atoms with E-state index in [9.17, 15) is 29.8 Å². The molecular formula is C66H58B2N6O13S3. The average molecular weight is 1260 g/mol. The molecular weight excluding hydrogens is 1200 g/mol. The lowest BCUT2D eigenvalue weighted by Gasteiger charge is -2.17. The number of nitriles is 1. The molecule has 0 amide bonds. The van der Waals surface area contributed by atoms with Gasteiger partial charge >= 0.3 is 26.4 Å². The van der Waals surface area contributed by atoms with Crippen molar-refractivity contribution in [1.82, 2.24) is 18.9 Å². The van der Waals surface area contributed by atoms with Crippen molar-refractivity contribution >= 4 is 102 Å². The summed E-state index contributed by atoms with van der Waals surface area (Å²) in [5.41, 5.74) is 3.88. The lowest BCUT2D eigenvalue weighted by atomic mass is 10.0. The normalized spacial score (nSPS) is 13.9. The first-order chi connectivity index (χ1) is 43.8. The number of fused-ring (bicyclic) bond motifs is 5. The van der Waals surface area contributed by atoms with Gasteiger partial charge in [0.25, 0.3) is 10.1 Å². The molecule has 0 fully saturated rings. The van der Waals surface area contributed by atoms with E-state index in [4.69, 9.17) is 52.1 Å². The van der Waals surface area contributed by atoms with Crippen LogP contribution < -0.4 is 38.8 Å². The van der Waals surface area contributed by atoms with Crippen LogP contribution in [-0.4, -0.2) is 90.5 Å². The monoisotopic (exact) mass is 1260 g/mol. The van der Waals surface area contributed by atoms with Crippen molar-refractivity contribution in [2.75, 3.05) is 32.2 Å². The van der Waals surface area contributed by atoms with Crippen molar-refractivity contribution in [3.63, 3.8) is 0 Å². The van der Waals surface area contributed by atoms with Gasteiger partial charge in [-0.3, -0.25) is 14.1 Å². The highest BCUT2D eigenvalue weighted by atomic mass is 32.2. The van der Waals surface area contributed by atoms with Gasteiger partial charge in [0.2, 0.25) is 5.70 Å². The highest BCUT2D eigenvalue weighted by Gasteiger charge is 2.45. The molecule has 454 valence electrons. The Balaban J connectivity index is 1.08. The maximum Gasteiger partial charge on any atom is 0.743 e. The lowest BCUT2D eigenvalue weighted by Crippen LogP contribution is -2.44. The molecule has 6 aromatic carbocycles. The summed E-state index contributed by atoms with van der Waals surface area (Å²) in [4.78, 5) is 40.0. The first-order valence-electron chi connectivity index (χ1n) is 29.4. The van der Waals surface area contributed by atoms with Crippen LogP contribution in [0.3, 0.4) is 0 Å². The molecule has 2 aliphatic rings. The van der Waals surface area contributed by atoms with Gasteiger partial charge in [0, 0.05) is 10.8 Å². The zero-order valence-corrected chi connectivity index (χ0v) is 51.6. The van der Waals surface area contributed by atoms with E-state index >= 15 is 0 Å². The third kappa shape index (κ3) is 12.7. The predicted molar refractivity (Wildman–Crippen MR) is 345 cm³/mol. The smallest absolute Gasteiger partial charge is 0.503 e. The number of hydrogen-bond donors (Lipinski definition) is 1. The molecule has 2 atom stereocenters. The highest BCUT2D eigenvalue weighted by Crippen LogP contribution is 2.43. The van der Waals surface area contributed by atoms with Gasteiger partial charge in [-0.2, -0.15) is 13.7 Å². The van der Waals surface area contributed by atoms with Crippen molar-refractivity contribution < 1.29 is 60.1 Å². The summed E-state index contributed by atoms with van der Waals surface area (Å²) in [5, 5.41) is 14.5. The maximum atomic E-state index is 12.7. The SMILES string of the molecule is [C-]#[N+]/C(c1nc2ccccc2s1)=c1\c2c(-c3ccc(OCCCC(C)C(=O)OCCC)cc3)n(B3Oc4ccccc4O3)/c(=C(/C#N)c3nc4ccccc4s3)c2c(-c2ccc(OCCCC(C)C(=O)OCCCS(=O)(=O)O)cc2)n1B1Oc2ccccc2O1. The second-order valence-electron chi connectivity index (χ2n) is 21.6. The summed E-state index contributed by atoms with van der Waals surface area (Å²) in [6.45, 7) is 15.7. The largest absolute Gasteiger partial charge is 0.743 e. The van der Waals surface area contributed by atoms with Crippen molar-refractivity contribution in [2.45, 2.75) is 59.3 Å². The molecule has 10 aromatic rings. The van der Waals surface area contributed by atoms with Crippen LogP contribution in [0.15, 0.2) is 146 Å². The van der Waals surface area contributed by atoms with Crippen molar-refractivity contribution in [3.8, 4) is 63.1 Å². The number of benzene rings is 6.